The maximum Gasteiger partial charge on any atom is 0.163 e. The van der Waals surface area contributed by atoms with E-state index in [1.807, 2.05) is 45.9 Å². The first-order valence-corrected chi connectivity index (χ1v) is 6.01. The molecule has 1 rings (SSSR count). The van der Waals surface area contributed by atoms with Crippen LogP contribution in [0, 0.1) is 13.8 Å². The van der Waals surface area contributed by atoms with Crippen LogP contribution >= 0.6 is 0 Å². The Kier molecular flexibility index (Phi) is 4.47. The third-order valence-corrected chi connectivity index (χ3v) is 3.20. The van der Waals surface area contributed by atoms with Crippen LogP contribution in [0.4, 0.5) is 0 Å². The molecule has 0 aromatic heterocycles. The topological polar surface area (TPSA) is 26.3 Å². The van der Waals surface area contributed by atoms with Crippen molar-refractivity contribution >= 4 is 5.78 Å². The van der Waals surface area contributed by atoms with Crippen molar-refractivity contribution in [3.63, 3.8) is 0 Å². The molecule has 2 heteroatoms. The van der Waals surface area contributed by atoms with E-state index in [4.69, 9.17) is 4.74 Å². The fraction of sp³-hybridized carbons (Fsp3) is 0.533. The average Bonchev–Trinajstić information content (AvgIpc) is 2.29. The number of rotatable bonds is 5. The van der Waals surface area contributed by atoms with E-state index in [-0.39, 0.29) is 11.4 Å². The number of ketones is 1. The van der Waals surface area contributed by atoms with Gasteiger partial charge in [0.15, 0.2) is 5.78 Å². The molecular formula is C15H22O2. The first-order chi connectivity index (χ1) is 7.85. The molecule has 0 aliphatic rings. The van der Waals surface area contributed by atoms with Gasteiger partial charge in [0, 0.05) is 19.1 Å². The van der Waals surface area contributed by atoms with Gasteiger partial charge in [0.2, 0.25) is 0 Å². The molecule has 0 saturated heterocycles. The molecule has 0 saturated carbocycles. The van der Waals surface area contributed by atoms with Crippen molar-refractivity contribution in [1.82, 2.24) is 0 Å². The molecule has 0 aliphatic carbocycles. The Labute approximate surface area is 104 Å². The second kappa shape index (κ2) is 5.46. The van der Waals surface area contributed by atoms with Gasteiger partial charge in [0.05, 0.1) is 5.60 Å². The summed E-state index contributed by atoms with van der Waals surface area (Å²) >= 11 is 0. The molecule has 0 fully saturated rings. The molecule has 0 atom stereocenters. The van der Waals surface area contributed by atoms with E-state index in [9.17, 15) is 4.79 Å². The standard InChI is InChI=1S/C15H22O2/c1-11-6-7-12(2)13(10-11)14(16)8-9-15(3,4)17-5/h6-7,10H,8-9H2,1-5H3. The van der Waals surface area contributed by atoms with Gasteiger partial charge in [-0.15, -0.1) is 0 Å². The Morgan fingerprint density at radius 1 is 1.29 bits per heavy atom. The maximum atomic E-state index is 12.1. The van der Waals surface area contributed by atoms with Crippen LogP contribution in [0.1, 0.15) is 48.2 Å². The lowest BCUT2D eigenvalue weighted by Crippen LogP contribution is -2.23. The van der Waals surface area contributed by atoms with Crippen molar-refractivity contribution < 1.29 is 9.53 Å². The largest absolute Gasteiger partial charge is 0.379 e. The van der Waals surface area contributed by atoms with Crippen LogP contribution in [0.15, 0.2) is 18.2 Å². The predicted octanol–water partition coefficient (Wildman–Crippen LogP) is 3.69. The fourth-order valence-electron chi connectivity index (χ4n) is 1.69. The molecular weight excluding hydrogens is 212 g/mol. The lowest BCUT2D eigenvalue weighted by molar-refractivity contribution is 0.0141. The SMILES string of the molecule is COC(C)(C)CCC(=O)c1cc(C)ccc1C. The summed E-state index contributed by atoms with van der Waals surface area (Å²) in [7, 11) is 1.68. The van der Waals surface area contributed by atoms with Gasteiger partial charge in [-0.2, -0.15) is 0 Å². The van der Waals surface area contributed by atoms with Gasteiger partial charge in [0.25, 0.3) is 0 Å². The average molecular weight is 234 g/mol. The molecule has 0 spiro atoms. The van der Waals surface area contributed by atoms with Gasteiger partial charge in [-0.3, -0.25) is 4.79 Å². The van der Waals surface area contributed by atoms with Gasteiger partial charge < -0.3 is 4.74 Å². The van der Waals surface area contributed by atoms with Crippen LogP contribution in [0.3, 0.4) is 0 Å². The smallest absolute Gasteiger partial charge is 0.163 e. The van der Waals surface area contributed by atoms with Gasteiger partial charge in [-0.25, -0.2) is 0 Å². The summed E-state index contributed by atoms with van der Waals surface area (Å²) in [5.41, 5.74) is 2.80. The molecule has 0 radical (unpaired) electrons. The zero-order valence-electron chi connectivity index (χ0n) is 11.5. The third-order valence-electron chi connectivity index (χ3n) is 3.20. The maximum absolute atomic E-state index is 12.1. The predicted molar refractivity (Wildman–Crippen MR) is 70.6 cm³/mol. The van der Waals surface area contributed by atoms with E-state index in [0.29, 0.717) is 6.42 Å². The zero-order valence-corrected chi connectivity index (χ0v) is 11.5. The van der Waals surface area contributed by atoms with Crippen molar-refractivity contribution in [3.05, 3.63) is 34.9 Å². The molecule has 1 aromatic carbocycles. The minimum absolute atomic E-state index is 0.205. The first kappa shape index (κ1) is 13.9. The van der Waals surface area contributed by atoms with Crippen molar-refractivity contribution in [2.24, 2.45) is 0 Å². The van der Waals surface area contributed by atoms with E-state index in [1.165, 1.54) is 0 Å². The molecule has 94 valence electrons. The first-order valence-electron chi connectivity index (χ1n) is 6.01. The van der Waals surface area contributed by atoms with E-state index < -0.39 is 0 Å². The Morgan fingerprint density at radius 2 is 1.94 bits per heavy atom. The van der Waals surface area contributed by atoms with E-state index in [2.05, 4.69) is 0 Å². The molecule has 0 bridgehead atoms. The second-order valence-electron chi connectivity index (χ2n) is 5.21. The highest BCUT2D eigenvalue weighted by atomic mass is 16.5. The summed E-state index contributed by atoms with van der Waals surface area (Å²) in [5, 5.41) is 0. The molecule has 1 aromatic rings. The lowest BCUT2D eigenvalue weighted by Gasteiger charge is -2.22. The summed E-state index contributed by atoms with van der Waals surface area (Å²) in [5.74, 6) is 0.205. The number of aryl methyl sites for hydroxylation is 2. The fourth-order valence-corrected chi connectivity index (χ4v) is 1.69. The van der Waals surface area contributed by atoms with Crippen LogP contribution < -0.4 is 0 Å². The Morgan fingerprint density at radius 3 is 2.53 bits per heavy atom. The highest BCUT2D eigenvalue weighted by molar-refractivity contribution is 5.97. The van der Waals surface area contributed by atoms with Crippen LogP contribution in [0.5, 0.6) is 0 Å². The van der Waals surface area contributed by atoms with E-state index in [1.54, 1.807) is 7.11 Å². The molecule has 17 heavy (non-hydrogen) atoms. The number of ether oxygens (including phenoxy) is 1. The number of Topliss-reactive ketones (excluding diaryl/α,β-unsaturated/α-hetero) is 1. The van der Waals surface area contributed by atoms with Crippen molar-refractivity contribution in [3.8, 4) is 0 Å². The van der Waals surface area contributed by atoms with Crippen LogP contribution in [0.25, 0.3) is 0 Å². The Hall–Kier alpha value is -1.15. The van der Waals surface area contributed by atoms with Crippen molar-refractivity contribution in [2.75, 3.05) is 7.11 Å². The summed E-state index contributed by atoms with van der Waals surface area (Å²) in [6.07, 6.45) is 1.28. The summed E-state index contributed by atoms with van der Waals surface area (Å²) in [6, 6.07) is 6.01. The summed E-state index contributed by atoms with van der Waals surface area (Å²) < 4.78 is 5.33. The van der Waals surface area contributed by atoms with Crippen molar-refractivity contribution in [1.29, 1.82) is 0 Å². The third kappa shape index (κ3) is 3.97. The minimum atomic E-state index is -0.229. The normalized spacial score (nSPS) is 11.6. The molecule has 2 nitrogen and oxygen atoms in total. The van der Waals surface area contributed by atoms with Gasteiger partial charge in [0.1, 0.15) is 0 Å². The van der Waals surface area contributed by atoms with Crippen LogP contribution in [-0.4, -0.2) is 18.5 Å². The number of benzene rings is 1. The van der Waals surface area contributed by atoms with Crippen molar-refractivity contribution in [2.45, 2.75) is 46.1 Å². The molecule has 0 N–H and O–H groups in total. The number of hydrogen-bond acceptors (Lipinski definition) is 2. The van der Waals surface area contributed by atoms with Crippen LogP contribution in [0.2, 0.25) is 0 Å². The number of methoxy groups -OCH3 is 1. The highest BCUT2D eigenvalue weighted by Crippen LogP contribution is 2.19. The summed E-state index contributed by atoms with van der Waals surface area (Å²) in [6.45, 7) is 8.00. The van der Waals surface area contributed by atoms with E-state index >= 15 is 0 Å². The molecule has 0 aliphatic heterocycles. The number of hydrogen-bond donors (Lipinski definition) is 0. The zero-order chi connectivity index (χ0) is 13.1. The highest BCUT2D eigenvalue weighted by Gasteiger charge is 2.19. The molecule has 0 amide bonds. The molecule has 0 heterocycles. The Balaban J connectivity index is 2.74. The second-order valence-corrected chi connectivity index (χ2v) is 5.21. The van der Waals surface area contributed by atoms with Gasteiger partial charge in [-0.05, 0) is 45.7 Å². The molecule has 0 unspecified atom stereocenters. The van der Waals surface area contributed by atoms with Gasteiger partial charge >= 0.3 is 0 Å². The van der Waals surface area contributed by atoms with E-state index in [0.717, 1.165) is 23.1 Å². The number of carbonyl (C=O) groups excluding carboxylic acids is 1. The summed E-state index contributed by atoms with van der Waals surface area (Å²) in [4.78, 5) is 12.1. The monoisotopic (exact) mass is 234 g/mol. The quantitative estimate of drug-likeness (QED) is 0.726. The lowest BCUT2D eigenvalue weighted by atomic mass is 9.95. The Bertz CT molecular complexity index is 405. The van der Waals surface area contributed by atoms with Crippen LogP contribution in [-0.2, 0) is 4.74 Å². The van der Waals surface area contributed by atoms with Gasteiger partial charge in [-0.1, -0.05) is 17.7 Å². The minimum Gasteiger partial charge on any atom is -0.379 e. The number of carbonyl (C=O) groups is 1.